The van der Waals surface area contributed by atoms with Crippen molar-refractivity contribution in [1.29, 1.82) is 0 Å². The van der Waals surface area contributed by atoms with Gasteiger partial charge in [0.05, 0.1) is 29.5 Å². The number of nitrogens with one attached hydrogen (secondary N) is 1. The van der Waals surface area contributed by atoms with Gasteiger partial charge in [-0.1, -0.05) is 73.7 Å². The van der Waals surface area contributed by atoms with Gasteiger partial charge in [-0.3, -0.25) is 19.1 Å². The Balaban J connectivity index is 1.70. The van der Waals surface area contributed by atoms with Crippen LogP contribution in [0.1, 0.15) is 54.8 Å². The number of carbonyl (C=O) groups excluding carboxylic acids is 1. The van der Waals surface area contributed by atoms with E-state index in [1.165, 1.54) is 0 Å². The van der Waals surface area contributed by atoms with Crippen LogP contribution in [0, 0.1) is 0 Å². The van der Waals surface area contributed by atoms with Crippen molar-refractivity contribution in [2.75, 3.05) is 13.1 Å². The number of fused-ring (bicyclic) bond motifs is 1. The summed E-state index contributed by atoms with van der Waals surface area (Å²) in [5.74, 6) is -0.175. The van der Waals surface area contributed by atoms with Gasteiger partial charge in [0, 0.05) is 36.1 Å². The molecule has 0 saturated carbocycles. The normalized spacial score (nSPS) is 18.8. The Bertz CT molecular complexity index is 1460. The number of para-hydroxylation sites is 1. The summed E-state index contributed by atoms with van der Waals surface area (Å²) < 4.78 is 7.69. The fourth-order valence-corrected chi connectivity index (χ4v) is 5.61. The van der Waals surface area contributed by atoms with Crippen LogP contribution in [0.4, 0.5) is 0 Å². The minimum absolute atomic E-state index is 0.0657. The summed E-state index contributed by atoms with van der Waals surface area (Å²) >= 11 is 0. The Morgan fingerprint density at radius 1 is 0.895 bits per heavy atom. The predicted octanol–water partition coefficient (Wildman–Crippen LogP) is 5.48. The lowest BCUT2D eigenvalue weighted by Gasteiger charge is -2.36. The van der Waals surface area contributed by atoms with Gasteiger partial charge in [-0.15, -0.1) is 0 Å². The molecule has 0 unspecified atom stereocenters. The third-order valence-corrected chi connectivity index (χ3v) is 7.21. The number of aromatic nitrogens is 1. The van der Waals surface area contributed by atoms with Gasteiger partial charge in [-0.2, -0.15) is 0 Å². The van der Waals surface area contributed by atoms with Gasteiger partial charge in [-0.05, 0) is 44.0 Å². The molecule has 3 atom stereocenters. The van der Waals surface area contributed by atoms with Crippen LogP contribution < -0.4 is 10.9 Å². The molecule has 1 fully saturated rings. The fourth-order valence-electron chi connectivity index (χ4n) is 5.61. The minimum atomic E-state index is -0.175. The summed E-state index contributed by atoms with van der Waals surface area (Å²) in [6.07, 6.45) is 0.881. The molecule has 1 N–H and O–H groups in total. The quantitative estimate of drug-likeness (QED) is 0.358. The number of rotatable bonds is 7. The molecule has 2 heterocycles. The molecular formula is C32H35N3O3. The van der Waals surface area contributed by atoms with E-state index in [1.807, 2.05) is 84.9 Å². The highest BCUT2D eigenvalue weighted by Gasteiger charge is 2.28. The van der Waals surface area contributed by atoms with Crippen molar-refractivity contribution in [3.8, 4) is 5.69 Å². The molecule has 196 valence electrons. The molecule has 6 nitrogen and oxygen atoms in total. The Labute approximate surface area is 223 Å². The number of ether oxygens (including phenoxy) is 1. The molecule has 6 heteroatoms. The minimum Gasteiger partial charge on any atom is -0.373 e. The van der Waals surface area contributed by atoms with Crippen molar-refractivity contribution in [2.45, 2.75) is 52.0 Å². The van der Waals surface area contributed by atoms with Gasteiger partial charge in [0.15, 0.2) is 0 Å². The first kappa shape index (κ1) is 25.9. The van der Waals surface area contributed by atoms with Crippen LogP contribution in [0.2, 0.25) is 0 Å². The number of pyridine rings is 1. The van der Waals surface area contributed by atoms with E-state index < -0.39 is 0 Å². The Hall–Kier alpha value is -3.74. The maximum atomic E-state index is 14.2. The first-order valence-corrected chi connectivity index (χ1v) is 13.4. The Kier molecular flexibility index (Phi) is 7.72. The fraction of sp³-hybridized carbons (Fsp3) is 0.312. The maximum absolute atomic E-state index is 14.2. The molecular weight excluding hydrogens is 474 g/mol. The molecule has 38 heavy (non-hydrogen) atoms. The molecule has 0 spiro atoms. The second-order valence-electron chi connectivity index (χ2n) is 10.1. The molecule has 1 amide bonds. The second-order valence-corrected chi connectivity index (χ2v) is 10.1. The van der Waals surface area contributed by atoms with Crippen molar-refractivity contribution in [3.05, 3.63) is 112 Å². The molecule has 3 aromatic carbocycles. The zero-order valence-electron chi connectivity index (χ0n) is 22.3. The average Bonchev–Trinajstić information content (AvgIpc) is 2.92. The molecule has 0 aliphatic carbocycles. The first-order chi connectivity index (χ1) is 18.5. The van der Waals surface area contributed by atoms with E-state index in [4.69, 9.17) is 4.74 Å². The van der Waals surface area contributed by atoms with E-state index in [2.05, 4.69) is 31.0 Å². The highest BCUT2D eigenvalue weighted by atomic mass is 16.5. The lowest BCUT2D eigenvalue weighted by atomic mass is 9.99. The molecule has 1 aliphatic rings. The number of hydrogen-bond donors (Lipinski definition) is 1. The largest absolute Gasteiger partial charge is 0.373 e. The molecule has 1 aromatic heterocycles. The molecule has 0 bridgehead atoms. The van der Waals surface area contributed by atoms with Gasteiger partial charge < -0.3 is 10.1 Å². The third-order valence-electron chi connectivity index (χ3n) is 7.21. The van der Waals surface area contributed by atoms with Crippen molar-refractivity contribution in [2.24, 2.45) is 0 Å². The number of hydrogen-bond acceptors (Lipinski definition) is 4. The second kappa shape index (κ2) is 11.3. The van der Waals surface area contributed by atoms with Crippen LogP contribution in [0.25, 0.3) is 16.5 Å². The smallest absolute Gasteiger partial charge is 0.263 e. The number of nitrogens with zero attached hydrogens (tertiary/aromatic N) is 2. The van der Waals surface area contributed by atoms with E-state index >= 15 is 0 Å². The van der Waals surface area contributed by atoms with Crippen LogP contribution in [-0.2, 0) is 11.3 Å². The van der Waals surface area contributed by atoms with Crippen LogP contribution >= 0.6 is 0 Å². The van der Waals surface area contributed by atoms with Crippen molar-refractivity contribution in [1.82, 2.24) is 14.8 Å². The van der Waals surface area contributed by atoms with E-state index in [-0.39, 0.29) is 29.7 Å². The van der Waals surface area contributed by atoms with Gasteiger partial charge >= 0.3 is 0 Å². The standard InChI is InChI=1S/C32H35N3O3/c1-4-28(24-13-7-5-8-14-24)33-31(36)30-26-17-11-12-18-27(26)32(37)35(25-15-9-6-10-16-25)29(30)21-34-19-22(2)38-23(3)20-34/h5-18,22-23,28H,4,19-21H2,1-3H3,(H,33,36)/t22-,23+,28-/m0/s1. The number of amides is 1. The average molecular weight is 510 g/mol. The molecule has 0 radical (unpaired) electrons. The monoisotopic (exact) mass is 509 g/mol. The maximum Gasteiger partial charge on any atom is 0.263 e. The molecule has 5 rings (SSSR count). The number of carbonyl (C=O) groups is 1. The summed E-state index contributed by atoms with van der Waals surface area (Å²) in [7, 11) is 0. The van der Waals surface area contributed by atoms with Crippen molar-refractivity contribution < 1.29 is 9.53 Å². The highest BCUT2D eigenvalue weighted by Crippen LogP contribution is 2.27. The topological polar surface area (TPSA) is 63.6 Å². The summed E-state index contributed by atoms with van der Waals surface area (Å²) in [6, 6.07) is 26.9. The van der Waals surface area contributed by atoms with Gasteiger partial charge in [0.1, 0.15) is 0 Å². The first-order valence-electron chi connectivity index (χ1n) is 13.4. The number of benzene rings is 3. The van der Waals surface area contributed by atoms with E-state index in [0.29, 0.717) is 28.6 Å². The molecule has 4 aromatic rings. The third kappa shape index (κ3) is 5.28. The van der Waals surface area contributed by atoms with Gasteiger partial charge in [-0.25, -0.2) is 0 Å². The lowest BCUT2D eigenvalue weighted by molar-refractivity contribution is -0.0709. The van der Waals surface area contributed by atoms with Crippen molar-refractivity contribution in [3.63, 3.8) is 0 Å². The zero-order valence-corrected chi connectivity index (χ0v) is 22.3. The number of morpholine rings is 1. The van der Waals surface area contributed by atoms with Crippen molar-refractivity contribution >= 4 is 16.7 Å². The Morgan fingerprint density at radius 2 is 1.47 bits per heavy atom. The van der Waals surface area contributed by atoms with E-state index in [1.54, 1.807) is 4.57 Å². The van der Waals surface area contributed by atoms with Crippen LogP contribution in [-0.4, -0.2) is 40.7 Å². The summed E-state index contributed by atoms with van der Waals surface area (Å²) in [5, 5.41) is 4.49. The Morgan fingerprint density at radius 3 is 2.11 bits per heavy atom. The highest BCUT2D eigenvalue weighted by molar-refractivity contribution is 6.08. The SMILES string of the molecule is CC[C@H](NC(=O)c1c(CN2C[C@@H](C)O[C@@H](C)C2)n(-c2ccccc2)c(=O)c2ccccc12)c1ccccc1. The van der Waals surface area contributed by atoms with Gasteiger partial charge in [0.2, 0.25) is 0 Å². The summed E-state index contributed by atoms with van der Waals surface area (Å²) in [5.41, 5.74) is 2.92. The molecule has 1 saturated heterocycles. The molecule has 1 aliphatic heterocycles. The van der Waals surface area contributed by atoms with Crippen LogP contribution in [0.3, 0.4) is 0 Å². The zero-order chi connectivity index (χ0) is 26.6. The van der Waals surface area contributed by atoms with E-state index in [9.17, 15) is 9.59 Å². The lowest BCUT2D eigenvalue weighted by Crippen LogP contribution is -2.46. The van der Waals surface area contributed by atoms with Crippen LogP contribution in [0.15, 0.2) is 89.7 Å². The summed E-state index contributed by atoms with van der Waals surface area (Å²) in [6.45, 7) is 8.10. The van der Waals surface area contributed by atoms with Crippen LogP contribution in [0.5, 0.6) is 0 Å². The predicted molar refractivity (Wildman–Crippen MR) is 152 cm³/mol. The summed E-state index contributed by atoms with van der Waals surface area (Å²) in [4.78, 5) is 30.5. The van der Waals surface area contributed by atoms with Gasteiger partial charge in [0.25, 0.3) is 11.5 Å². The van der Waals surface area contributed by atoms with E-state index in [0.717, 1.165) is 30.8 Å².